The molecule has 1 aromatic heterocycles. The van der Waals surface area contributed by atoms with Crippen molar-refractivity contribution in [2.75, 3.05) is 20.8 Å². The maximum absolute atomic E-state index is 5.63. The minimum atomic E-state index is 0.595. The van der Waals surface area contributed by atoms with Gasteiger partial charge in [-0.05, 0) is 44.5 Å². The third-order valence-electron chi connectivity index (χ3n) is 3.42. The Morgan fingerprint density at radius 1 is 0.952 bits per heavy atom. The summed E-state index contributed by atoms with van der Waals surface area (Å²) >= 11 is 0. The summed E-state index contributed by atoms with van der Waals surface area (Å²) in [4.78, 5) is 9.19. The van der Waals surface area contributed by atoms with Crippen LogP contribution in [0, 0.1) is 13.8 Å². The van der Waals surface area contributed by atoms with Gasteiger partial charge in [-0.2, -0.15) is 0 Å². The van der Waals surface area contributed by atoms with Crippen LogP contribution in [0.15, 0.2) is 18.2 Å². The average molecular weight is 287 g/mol. The topological polar surface area (TPSA) is 70.3 Å². The van der Waals surface area contributed by atoms with Crippen LogP contribution in [0.1, 0.15) is 17.0 Å². The van der Waals surface area contributed by atoms with Gasteiger partial charge in [0.05, 0.1) is 14.2 Å². The van der Waals surface area contributed by atoms with Crippen LogP contribution in [-0.4, -0.2) is 30.7 Å². The first-order chi connectivity index (χ1) is 10.1. The Morgan fingerprint density at radius 3 is 1.90 bits per heavy atom. The molecule has 112 valence electrons. The van der Waals surface area contributed by atoms with Crippen molar-refractivity contribution in [3.63, 3.8) is 0 Å². The van der Waals surface area contributed by atoms with Crippen molar-refractivity contribution in [2.45, 2.75) is 20.3 Å². The maximum atomic E-state index is 5.63. The number of methoxy groups -OCH3 is 2. The molecule has 0 atom stereocenters. The summed E-state index contributed by atoms with van der Waals surface area (Å²) in [5.74, 6) is 2.10. The second-order valence-electron chi connectivity index (χ2n) is 4.84. The molecule has 0 aliphatic heterocycles. The number of benzene rings is 1. The molecule has 0 saturated heterocycles. The van der Waals surface area contributed by atoms with Gasteiger partial charge in [0, 0.05) is 23.0 Å². The summed E-state index contributed by atoms with van der Waals surface area (Å²) in [5, 5.41) is 0. The summed E-state index contributed by atoms with van der Waals surface area (Å²) in [7, 11) is 3.25. The average Bonchev–Trinajstić information content (AvgIpc) is 2.50. The van der Waals surface area contributed by atoms with Crippen molar-refractivity contribution in [2.24, 2.45) is 5.73 Å². The first kappa shape index (κ1) is 15.3. The first-order valence-corrected chi connectivity index (χ1v) is 6.86. The SMILES string of the molecule is COc1cc(OC)cc(-c2nc(C)c(CCN)c(C)n2)c1. The molecule has 1 aromatic carbocycles. The molecule has 0 spiro atoms. The van der Waals surface area contributed by atoms with Gasteiger partial charge in [0.15, 0.2) is 5.82 Å². The van der Waals surface area contributed by atoms with Gasteiger partial charge in [0.2, 0.25) is 0 Å². The standard InChI is InChI=1S/C16H21N3O2/c1-10-15(5-6-17)11(2)19-16(18-10)12-7-13(20-3)9-14(8-12)21-4/h7-9H,5-6,17H2,1-4H3. The van der Waals surface area contributed by atoms with E-state index in [0.717, 1.165) is 28.9 Å². The van der Waals surface area contributed by atoms with Crippen molar-refractivity contribution < 1.29 is 9.47 Å². The van der Waals surface area contributed by atoms with E-state index in [1.54, 1.807) is 14.2 Å². The lowest BCUT2D eigenvalue weighted by Gasteiger charge is -2.12. The molecule has 0 aliphatic rings. The Hall–Kier alpha value is -2.14. The monoisotopic (exact) mass is 287 g/mol. The highest BCUT2D eigenvalue weighted by Gasteiger charge is 2.11. The fourth-order valence-corrected chi connectivity index (χ4v) is 2.31. The van der Waals surface area contributed by atoms with Gasteiger partial charge in [0.1, 0.15) is 11.5 Å². The predicted molar refractivity (Wildman–Crippen MR) is 82.8 cm³/mol. The zero-order valence-electron chi connectivity index (χ0n) is 12.9. The normalized spacial score (nSPS) is 10.5. The molecule has 2 N–H and O–H groups in total. The molecule has 1 heterocycles. The number of nitrogens with zero attached hydrogens (tertiary/aromatic N) is 2. The van der Waals surface area contributed by atoms with E-state index in [1.807, 2.05) is 32.0 Å². The molecule has 2 rings (SSSR count). The lowest BCUT2D eigenvalue weighted by molar-refractivity contribution is 0.394. The molecule has 21 heavy (non-hydrogen) atoms. The van der Waals surface area contributed by atoms with Crippen LogP contribution in [0.25, 0.3) is 11.4 Å². The molecule has 5 heteroatoms. The van der Waals surface area contributed by atoms with Crippen LogP contribution in [0.5, 0.6) is 11.5 Å². The predicted octanol–water partition coefficient (Wildman–Crippen LogP) is 2.28. The van der Waals surface area contributed by atoms with Gasteiger partial charge in [-0.25, -0.2) is 9.97 Å². The minimum absolute atomic E-state index is 0.595. The Labute approximate surface area is 125 Å². The third kappa shape index (κ3) is 3.31. The van der Waals surface area contributed by atoms with Crippen LogP contribution in [0.3, 0.4) is 0 Å². The largest absolute Gasteiger partial charge is 0.497 e. The molecular formula is C16H21N3O2. The van der Waals surface area contributed by atoms with Crippen molar-refractivity contribution in [1.29, 1.82) is 0 Å². The highest BCUT2D eigenvalue weighted by Crippen LogP contribution is 2.28. The minimum Gasteiger partial charge on any atom is -0.497 e. The summed E-state index contributed by atoms with van der Waals surface area (Å²) in [5.41, 5.74) is 9.55. The van der Waals surface area contributed by atoms with E-state index in [2.05, 4.69) is 9.97 Å². The van der Waals surface area contributed by atoms with Crippen LogP contribution in [0.4, 0.5) is 0 Å². The molecule has 0 aliphatic carbocycles. The number of aromatic nitrogens is 2. The fourth-order valence-electron chi connectivity index (χ4n) is 2.31. The van der Waals surface area contributed by atoms with E-state index in [0.29, 0.717) is 23.9 Å². The van der Waals surface area contributed by atoms with Gasteiger partial charge >= 0.3 is 0 Å². The van der Waals surface area contributed by atoms with Crippen LogP contribution in [0.2, 0.25) is 0 Å². The molecule has 0 fully saturated rings. The highest BCUT2D eigenvalue weighted by atomic mass is 16.5. The van der Waals surface area contributed by atoms with Crippen molar-refractivity contribution in [3.05, 3.63) is 35.2 Å². The molecule has 0 unspecified atom stereocenters. The maximum Gasteiger partial charge on any atom is 0.159 e. The number of hydrogen-bond donors (Lipinski definition) is 1. The molecule has 0 saturated carbocycles. The van der Waals surface area contributed by atoms with E-state index in [4.69, 9.17) is 15.2 Å². The van der Waals surface area contributed by atoms with Crippen LogP contribution in [-0.2, 0) is 6.42 Å². The zero-order valence-corrected chi connectivity index (χ0v) is 12.9. The second-order valence-corrected chi connectivity index (χ2v) is 4.84. The second kappa shape index (κ2) is 6.54. The summed E-state index contributed by atoms with van der Waals surface area (Å²) in [6.07, 6.45) is 0.791. The Bertz CT molecular complexity index is 596. The molecular weight excluding hydrogens is 266 g/mol. The van der Waals surface area contributed by atoms with Crippen molar-refractivity contribution in [1.82, 2.24) is 9.97 Å². The zero-order chi connectivity index (χ0) is 15.4. The smallest absolute Gasteiger partial charge is 0.159 e. The van der Waals surface area contributed by atoms with Gasteiger partial charge in [-0.3, -0.25) is 0 Å². The first-order valence-electron chi connectivity index (χ1n) is 6.86. The lowest BCUT2D eigenvalue weighted by Crippen LogP contribution is -2.09. The van der Waals surface area contributed by atoms with Crippen molar-refractivity contribution >= 4 is 0 Å². The number of aryl methyl sites for hydroxylation is 2. The van der Waals surface area contributed by atoms with Gasteiger partial charge in [-0.15, -0.1) is 0 Å². The van der Waals surface area contributed by atoms with E-state index in [9.17, 15) is 0 Å². The Morgan fingerprint density at radius 2 is 1.48 bits per heavy atom. The molecule has 5 nitrogen and oxygen atoms in total. The van der Waals surface area contributed by atoms with Gasteiger partial charge < -0.3 is 15.2 Å². The Kier molecular flexibility index (Phi) is 4.75. The van der Waals surface area contributed by atoms with E-state index < -0.39 is 0 Å². The van der Waals surface area contributed by atoms with E-state index in [1.165, 1.54) is 0 Å². The summed E-state index contributed by atoms with van der Waals surface area (Å²) < 4.78 is 10.6. The van der Waals surface area contributed by atoms with Gasteiger partial charge in [0.25, 0.3) is 0 Å². The highest BCUT2D eigenvalue weighted by molar-refractivity contribution is 5.61. The van der Waals surface area contributed by atoms with Crippen molar-refractivity contribution in [3.8, 4) is 22.9 Å². The molecule has 0 amide bonds. The quantitative estimate of drug-likeness (QED) is 0.913. The molecule has 2 aromatic rings. The van der Waals surface area contributed by atoms with E-state index in [-0.39, 0.29) is 0 Å². The fraction of sp³-hybridized carbons (Fsp3) is 0.375. The van der Waals surface area contributed by atoms with E-state index >= 15 is 0 Å². The van der Waals surface area contributed by atoms with Gasteiger partial charge in [-0.1, -0.05) is 0 Å². The number of ether oxygens (including phenoxy) is 2. The van der Waals surface area contributed by atoms with Crippen LogP contribution >= 0.6 is 0 Å². The van der Waals surface area contributed by atoms with Crippen LogP contribution < -0.4 is 15.2 Å². The number of hydrogen-bond acceptors (Lipinski definition) is 5. The lowest BCUT2D eigenvalue weighted by atomic mass is 10.1. The summed E-state index contributed by atoms with van der Waals surface area (Å²) in [6, 6.07) is 5.63. The summed E-state index contributed by atoms with van der Waals surface area (Å²) in [6.45, 7) is 4.57. The number of nitrogens with two attached hydrogens (primary N) is 1. The third-order valence-corrected chi connectivity index (χ3v) is 3.42. The number of rotatable bonds is 5. The molecule has 0 bridgehead atoms. The molecule has 0 radical (unpaired) electrons. The Balaban J connectivity index is 2.51.